The van der Waals surface area contributed by atoms with Crippen molar-refractivity contribution in [3.63, 3.8) is 0 Å². The fourth-order valence-electron chi connectivity index (χ4n) is 2.22. The van der Waals surface area contributed by atoms with Crippen LogP contribution < -0.4 is 5.73 Å². The molecule has 1 fully saturated rings. The Hall–Kier alpha value is -1.16. The summed E-state index contributed by atoms with van der Waals surface area (Å²) in [4.78, 5) is 14.3. The number of anilines is 1. The number of carbonyl (C=O) groups is 1. The van der Waals surface area contributed by atoms with E-state index in [1.807, 2.05) is 47.9 Å². The minimum Gasteiger partial charge on any atom is -0.398 e. The van der Waals surface area contributed by atoms with Gasteiger partial charge in [0, 0.05) is 30.4 Å². The van der Waals surface area contributed by atoms with Crippen LogP contribution in [-0.4, -0.2) is 28.9 Å². The number of para-hydroxylation sites is 1. The summed E-state index contributed by atoms with van der Waals surface area (Å²) in [6, 6.07) is 7.77. The van der Waals surface area contributed by atoms with Crippen LogP contribution in [0.4, 0.5) is 5.69 Å². The number of nitrogen functional groups attached to an aromatic ring is 1. The molecule has 1 unspecified atom stereocenters. The highest BCUT2D eigenvalue weighted by atomic mass is 32.2. The van der Waals surface area contributed by atoms with Crippen LogP contribution in [0.2, 0.25) is 0 Å². The highest BCUT2D eigenvalue weighted by Gasteiger charge is 2.27. The van der Waals surface area contributed by atoms with Crippen molar-refractivity contribution in [2.24, 2.45) is 5.92 Å². The standard InChI is InChI=1S/C14H20N2OS/c1-2-16(14(17)12-7-8-18-10-12)9-11-5-3-4-6-13(11)15/h3-6,12H,2,7-10,15H2,1H3. The molecule has 0 bridgehead atoms. The number of carbonyl (C=O) groups excluding carboxylic acids is 1. The van der Waals surface area contributed by atoms with Crippen LogP contribution in [0.25, 0.3) is 0 Å². The van der Waals surface area contributed by atoms with E-state index in [0.717, 1.165) is 35.7 Å². The third-order valence-electron chi connectivity index (χ3n) is 3.39. The van der Waals surface area contributed by atoms with Gasteiger partial charge in [0.05, 0.1) is 0 Å². The van der Waals surface area contributed by atoms with Crippen LogP contribution in [0.1, 0.15) is 18.9 Å². The maximum Gasteiger partial charge on any atom is 0.226 e. The summed E-state index contributed by atoms with van der Waals surface area (Å²) in [5.41, 5.74) is 7.74. The summed E-state index contributed by atoms with van der Waals surface area (Å²) in [5, 5.41) is 0. The molecule has 2 N–H and O–H groups in total. The number of amides is 1. The summed E-state index contributed by atoms with van der Waals surface area (Å²) < 4.78 is 0. The lowest BCUT2D eigenvalue weighted by Crippen LogP contribution is -2.35. The molecule has 1 atom stereocenters. The van der Waals surface area contributed by atoms with E-state index in [2.05, 4.69) is 0 Å². The zero-order valence-electron chi connectivity index (χ0n) is 10.8. The van der Waals surface area contributed by atoms with Gasteiger partial charge in [-0.2, -0.15) is 11.8 Å². The van der Waals surface area contributed by atoms with Gasteiger partial charge >= 0.3 is 0 Å². The lowest BCUT2D eigenvalue weighted by atomic mass is 10.1. The monoisotopic (exact) mass is 264 g/mol. The van der Waals surface area contributed by atoms with E-state index >= 15 is 0 Å². The van der Waals surface area contributed by atoms with Gasteiger partial charge in [-0.25, -0.2) is 0 Å². The average Bonchev–Trinajstić information content (AvgIpc) is 2.91. The third-order valence-corrected chi connectivity index (χ3v) is 4.55. The number of benzene rings is 1. The summed E-state index contributed by atoms with van der Waals surface area (Å²) in [6.45, 7) is 3.40. The number of rotatable bonds is 4. The fourth-order valence-corrected chi connectivity index (χ4v) is 3.43. The fraction of sp³-hybridized carbons (Fsp3) is 0.500. The zero-order chi connectivity index (χ0) is 13.0. The number of thioether (sulfide) groups is 1. The van der Waals surface area contributed by atoms with Gasteiger partial charge in [0.1, 0.15) is 0 Å². The van der Waals surface area contributed by atoms with Crippen molar-refractivity contribution in [3.05, 3.63) is 29.8 Å². The number of hydrogen-bond donors (Lipinski definition) is 1. The quantitative estimate of drug-likeness (QED) is 0.849. The molecule has 3 nitrogen and oxygen atoms in total. The van der Waals surface area contributed by atoms with Crippen LogP contribution in [0.5, 0.6) is 0 Å². The summed E-state index contributed by atoms with van der Waals surface area (Å²) >= 11 is 1.88. The summed E-state index contributed by atoms with van der Waals surface area (Å²) in [6.07, 6.45) is 1.02. The Morgan fingerprint density at radius 2 is 2.28 bits per heavy atom. The summed E-state index contributed by atoms with van der Waals surface area (Å²) in [5.74, 6) is 2.58. The Balaban J connectivity index is 2.05. The van der Waals surface area contributed by atoms with Crippen molar-refractivity contribution in [3.8, 4) is 0 Å². The first-order valence-corrected chi connectivity index (χ1v) is 7.57. The van der Waals surface area contributed by atoms with Crippen LogP contribution >= 0.6 is 11.8 Å². The van der Waals surface area contributed by atoms with Crippen LogP contribution in [0.3, 0.4) is 0 Å². The largest absolute Gasteiger partial charge is 0.398 e. The molecule has 0 aliphatic carbocycles. The maximum absolute atomic E-state index is 12.4. The normalized spacial score (nSPS) is 18.8. The Morgan fingerprint density at radius 1 is 1.50 bits per heavy atom. The molecule has 1 heterocycles. The minimum atomic E-state index is 0.208. The average molecular weight is 264 g/mol. The van der Waals surface area contributed by atoms with E-state index in [0.29, 0.717) is 6.54 Å². The molecular weight excluding hydrogens is 244 g/mol. The number of hydrogen-bond acceptors (Lipinski definition) is 3. The predicted octanol–water partition coefficient (Wildman–Crippen LogP) is 2.37. The smallest absolute Gasteiger partial charge is 0.226 e. The predicted molar refractivity (Wildman–Crippen MR) is 77.4 cm³/mol. The van der Waals surface area contributed by atoms with Gasteiger partial charge in [0.2, 0.25) is 5.91 Å². The molecule has 1 amide bonds. The van der Waals surface area contributed by atoms with Gasteiger partial charge in [-0.05, 0) is 30.7 Å². The Bertz CT molecular complexity index is 416. The Morgan fingerprint density at radius 3 is 2.89 bits per heavy atom. The van der Waals surface area contributed by atoms with Crippen LogP contribution in [-0.2, 0) is 11.3 Å². The first-order valence-electron chi connectivity index (χ1n) is 6.42. The van der Waals surface area contributed by atoms with Gasteiger partial charge in [0.25, 0.3) is 0 Å². The van der Waals surface area contributed by atoms with Crippen molar-refractivity contribution < 1.29 is 4.79 Å². The van der Waals surface area contributed by atoms with E-state index in [9.17, 15) is 4.79 Å². The molecule has 1 aliphatic heterocycles. The first-order chi connectivity index (χ1) is 8.72. The first kappa shape index (κ1) is 13.3. The second-order valence-electron chi connectivity index (χ2n) is 4.61. The molecule has 1 aromatic rings. The van der Waals surface area contributed by atoms with Gasteiger partial charge in [-0.15, -0.1) is 0 Å². The number of nitrogens with zero attached hydrogens (tertiary/aromatic N) is 1. The minimum absolute atomic E-state index is 0.208. The van der Waals surface area contributed by atoms with E-state index in [1.54, 1.807) is 0 Å². The van der Waals surface area contributed by atoms with Gasteiger partial charge < -0.3 is 10.6 Å². The molecule has 0 spiro atoms. The van der Waals surface area contributed by atoms with E-state index < -0.39 is 0 Å². The molecule has 1 aliphatic rings. The van der Waals surface area contributed by atoms with Crippen molar-refractivity contribution in [2.45, 2.75) is 19.9 Å². The van der Waals surface area contributed by atoms with Crippen LogP contribution in [0.15, 0.2) is 24.3 Å². The van der Waals surface area contributed by atoms with Gasteiger partial charge in [-0.1, -0.05) is 18.2 Å². The molecule has 0 radical (unpaired) electrons. The van der Waals surface area contributed by atoms with Crippen molar-refractivity contribution in [1.82, 2.24) is 4.90 Å². The van der Waals surface area contributed by atoms with E-state index in [1.165, 1.54) is 0 Å². The highest BCUT2D eigenvalue weighted by molar-refractivity contribution is 7.99. The molecule has 1 saturated heterocycles. The summed E-state index contributed by atoms with van der Waals surface area (Å²) in [7, 11) is 0. The lowest BCUT2D eigenvalue weighted by Gasteiger charge is -2.24. The Kier molecular flexibility index (Phi) is 4.53. The molecule has 18 heavy (non-hydrogen) atoms. The molecule has 0 aromatic heterocycles. The van der Waals surface area contributed by atoms with E-state index in [4.69, 9.17) is 5.73 Å². The Labute approximate surface area is 113 Å². The SMILES string of the molecule is CCN(Cc1ccccc1N)C(=O)C1CCSC1. The van der Waals surface area contributed by atoms with Gasteiger partial charge in [-0.3, -0.25) is 4.79 Å². The van der Waals surface area contributed by atoms with Crippen LogP contribution in [0, 0.1) is 5.92 Å². The molecular formula is C14H20N2OS. The molecule has 2 rings (SSSR count). The van der Waals surface area contributed by atoms with Crippen molar-refractivity contribution >= 4 is 23.4 Å². The second-order valence-corrected chi connectivity index (χ2v) is 5.76. The highest BCUT2D eigenvalue weighted by Crippen LogP contribution is 2.26. The molecule has 98 valence electrons. The third kappa shape index (κ3) is 2.99. The lowest BCUT2D eigenvalue weighted by molar-refractivity contribution is -0.135. The molecule has 4 heteroatoms. The van der Waals surface area contributed by atoms with E-state index in [-0.39, 0.29) is 11.8 Å². The van der Waals surface area contributed by atoms with Crippen molar-refractivity contribution in [1.29, 1.82) is 0 Å². The maximum atomic E-state index is 12.4. The topological polar surface area (TPSA) is 46.3 Å². The second kappa shape index (κ2) is 6.14. The molecule has 0 saturated carbocycles. The zero-order valence-corrected chi connectivity index (χ0v) is 11.6. The van der Waals surface area contributed by atoms with Crippen molar-refractivity contribution in [2.75, 3.05) is 23.8 Å². The molecule has 1 aromatic carbocycles. The number of nitrogens with two attached hydrogens (primary N) is 1. The van der Waals surface area contributed by atoms with Gasteiger partial charge in [0.15, 0.2) is 0 Å².